The number of halogens is 1. The maximum Gasteiger partial charge on any atom is 0.0739 e. The summed E-state index contributed by atoms with van der Waals surface area (Å²) in [5.41, 5.74) is 3.55. The molecule has 0 unspecified atom stereocenters. The predicted molar refractivity (Wildman–Crippen MR) is 81.2 cm³/mol. The van der Waals surface area contributed by atoms with Gasteiger partial charge in [-0.2, -0.15) is 5.10 Å². The minimum atomic E-state index is 0.839. The van der Waals surface area contributed by atoms with Crippen molar-refractivity contribution in [3.8, 4) is 0 Å². The van der Waals surface area contributed by atoms with Crippen molar-refractivity contribution in [3.05, 3.63) is 39.9 Å². The highest BCUT2D eigenvalue weighted by Gasteiger charge is 2.10. The quantitative estimate of drug-likeness (QED) is 0.829. The van der Waals surface area contributed by atoms with Crippen molar-refractivity contribution in [1.82, 2.24) is 19.7 Å². The SMILES string of the molecule is CCCNCc1ccn(Cc2c(Br)c(C)nn2C)c1. The van der Waals surface area contributed by atoms with E-state index in [1.165, 1.54) is 17.7 Å². The third kappa shape index (κ3) is 3.48. The second kappa shape index (κ2) is 6.39. The minimum Gasteiger partial charge on any atom is -0.348 e. The summed E-state index contributed by atoms with van der Waals surface area (Å²) in [5.74, 6) is 0. The average molecular weight is 325 g/mol. The fourth-order valence-corrected chi connectivity index (χ4v) is 2.59. The molecule has 0 fully saturated rings. The van der Waals surface area contributed by atoms with E-state index in [9.17, 15) is 0 Å². The number of nitrogens with zero attached hydrogens (tertiary/aromatic N) is 3. The van der Waals surface area contributed by atoms with Crippen LogP contribution in [0, 0.1) is 6.92 Å². The summed E-state index contributed by atoms with van der Waals surface area (Å²) in [6.07, 6.45) is 5.48. The lowest BCUT2D eigenvalue weighted by Gasteiger charge is -2.05. The van der Waals surface area contributed by atoms with Gasteiger partial charge in [0, 0.05) is 26.0 Å². The summed E-state index contributed by atoms with van der Waals surface area (Å²) in [6, 6.07) is 2.17. The predicted octanol–water partition coefficient (Wildman–Crippen LogP) is 2.84. The Bertz CT molecular complexity index is 542. The lowest BCUT2D eigenvalue weighted by atomic mass is 10.3. The molecule has 1 N–H and O–H groups in total. The van der Waals surface area contributed by atoms with E-state index in [4.69, 9.17) is 0 Å². The van der Waals surface area contributed by atoms with Crippen LogP contribution in [-0.4, -0.2) is 20.9 Å². The first-order valence-corrected chi connectivity index (χ1v) is 7.44. The number of rotatable bonds is 6. The fraction of sp³-hybridized carbons (Fsp3) is 0.500. The molecule has 4 nitrogen and oxygen atoms in total. The normalized spacial score (nSPS) is 11.2. The van der Waals surface area contributed by atoms with E-state index in [-0.39, 0.29) is 0 Å². The molecule has 19 heavy (non-hydrogen) atoms. The molecule has 0 bridgehead atoms. The summed E-state index contributed by atoms with van der Waals surface area (Å²) >= 11 is 3.61. The molecule has 0 amide bonds. The summed E-state index contributed by atoms with van der Waals surface area (Å²) in [5, 5.41) is 7.83. The van der Waals surface area contributed by atoms with Gasteiger partial charge in [-0.15, -0.1) is 0 Å². The van der Waals surface area contributed by atoms with Crippen LogP contribution in [-0.2, 0) is 20.1 Å². The summed E-state index contributed by atoms with van der Waals surface area (Å²) in [7, 11) is 1.99. The molecule has 0 aliphatic carbocycles. The molecule has 2 aromatic rings. The van der Waals surface area contributed by atoms with Crippen molar-refractivity contribution in [2.75, 3.05) is 6.54 Å². The van der Waals surface area contributed by atoms with Gasteiger partial charge in [-0.25, -0.2) is 0 Å². The monoisotopic (exact) mass is 324 g/mol. The Hall–Kier alpha value is -1.07. The standard InChI is InChI=1S/C14H21BrN4/c1-4-6-16-8-12-5-7-19(9-12)10-13-14(15)11(2)17-18(13)3/h5,7,9,16H,4,6,8,10H2,1-3H3. The second-order valence-corrected chi connectivity index (χ2v) is 5.63. The topological polar surface area (TPSA) is 34.8 Å². The molecule has 104 valence electrons. The molecule has 0 radical (unpaired) electrons. The third-order valence-corrected chi connectivity index (χ3v) is 4.19. The van der Waals surface area contributed by atoms with Gasteiger partial charge in [0.2, 0.25) is 0 Å². The van der Waals surface area contributed by atoms with Gasteiger partial charge in [-0.3, -0.25) is 4.68 Å². The van der Waals surface area contributed by atoms with Crippen LogP contribution < -0.4 is 5.32 Å². The van der Waals surface area contributed by atoms with Crippen molar-refractivity contribution in [2.45, 2.75) is 33.4 Å². The van der Waals surface area contributed by atoms with Gasteiger partial charge in [0.25, 0.3) is 0 Å². The highest BCUT2D eigenvalue weighted by atomic mass is 79.9. The van der Waals surface area contributed by atoms with Gasteiger partial charge in [-0.1, -0.05) is 6.92 Å². The van der Waals surface area contributed by atoms with Crippen LogP contribution in [0.15, 0.2) is 22.9 Å². The van der Waals surface area contributed by atoms with Gasteiger partial charge in [0.05, 0.1) is 22.4 Å². The number of aryl methyl sites for hydroxylation is 2. The van der Waals surface area contributed by atoms with Crippen LogP contribution in [0.5, 0.6) is 0 Å². The average Bonchev–Trinajstić information content (AvgIpc) is 2.91. The molecule has 0 saturated heterocycles. The molecule has 2 heterocycles. The van der Waals surface area contributed by atoms with E-state index < -0.39 is 0 Å². The van der Waals surface area contributed by atoms with Crippen LogP contribution >= 0.6 is 15.9 Å². The maximum absolute atomic E-state index is 4.42. The van der Waals surface area contributed by atoms with Gasteiger partial charge in [0.15, 0.2) is 0 Å². The minimum absolute atomic E-state index is 0.839. The Balaban J connectivity index is 2.03. The first-order chi connectivity index (χ1) is 9.11. The van der Waals surface area contributed by atoms with Crippen LogP contribution in [0.1, 0.15) is 30.3 Å². The molecule has 0 aliphatic heterocycles. The lowest BCUT2D eigenvalue weighted by Crippen LogP contribution is -2.13. The summed E-state index contributed by atoms with van der Waals surface area (Å²) in [4.78, 5) is 0. The highest BCUT2D eigenvalue weighted by Crippen LogP contribution is 2.21. The van der Waals surface area contributed by atoms with E-state index in [0.29, 0.717) is 0 Å². The zero-order valence-corrected chi connectivity index (χ0v) is 13.4. The van der Waals surface area contributed by atoms with E-state index in [0.717, 1.165) is 29.8 Å². The Kier molecular flexibility index (Phi) is 4.82. The molecule has 0 saturated carbocycles. The van der Waals surface area contributed by atoms with E-state index in [1.807, 2.05) is 18.7 Å². The van der Waals surface area contributed by atoms with Crippen molar-refractivity contribution in [2.24, 2.45) is 7.05 Å². The Morgan fingerprint density at radius 3 is 2.84 bits per heavy atom. The molecular weight excluding hydrogens is 304 g/mol. The Morgan fingerprint density at radius 2 is 2.21 bits per heavy atom. The van der Waals surface area contributed by atoms with Gasteiger partial charge < -0.3 is 9.88 Å². The van der Waals surface area contributed by atoms with Crippen molar-refractivity contribution >= 4 is 15.9 Å². The molecule has 0 spiro atoms. The zero-order chi connectivity index (χ0) is 13.8. The van der Waals surface area contributed by atoms with Gasteiger partial charge in [-0.05, 0) is 47.4 Å². The van der Waals surface area contributed by atoms with E-state index in [2.05, 4.69) is 56.3 Å². The molecular formula is C14H21BrN4. The van der Waals surface area contributed by atoms with Crippen LogP contribution in [0.2, 0.25) is 0 Å². The highest BCUT2D eigenvalue weighted by molar-refractivity contribution is 9.10. The van der Waals surface area contributed by atoms with E-state index >= 15 is 0 Å². The van der Waals surface area contributed by atoms with Crippen molar-refractivity contribution < 1.29 is 0 Å². The largest absolute Gasteiger partial charge is 0.348 e. The van der Waals surface area contributed by atoms with Crippen molar-refractivity contribution in [3.63, 3.8) is 0 Å². The molecule has 2 aromatic heterocycles. The van der Waals surface area contributed by atoms with Crippen LogP contribution in [0.25, 0.3) is 0 Å². The maximum atomic E-state index is 4.42. The molecule has 2 rings (SSSR count). The van der Waals surface area contributed by atoms with E-state index in [1.54, 1.807) is 0 Å². The Morgan fingerprint density at radius 1 is 1.42 bits per heavy atom. The van der Waals surface area contributed by atoms with Crippen LogP contribution in [0.3, 0.4) is 0 Å². The third-order valence-electron chi connectivity index (χ3n) is 3.16. The fourth-order valence-electron chi connectivity index (χ4n) is 2.13. The van der Waals surface area contributed by atoms with Gasteiger partial charge >= 0.3 is 0 Å². The Labute approximate surface area is 122 Å². The van der Waals surface area contributed by atoms with Crippen LogP contribution in [0.4, 0.5) is 0 Å². The molecule has 0 aromatic carbocycles. The zero-order valence-electron chi connectivity index (χ0n) is 11.8. The number of aromatic nitrogens is 3. The first kappa shape index (κ1) is 14.3. The summed E-state index contributed by atoms with van der Waals surface area (Å²) < 4.78 is 5.24. The van der Waals surface area contributed by atoms with Gasteiger partial charge in [0.1, 0.15) is 0 Å². The number of nitrogens with one attached hydrogen (secondary N) is 1. The first-order valence-electron chi connectivity index (χ1n) is 6.65. The lowest BCUT2D eigenvalue weighted by molar-refractivity contribution is 0.656. The summed E-state index contributed by atoms with van der Waals surface area (Å²) in [6.45, 7) is 7.04. The number of hydrogen-bond donors (Lipinski definition) is 1. The molecule has 5 heteroatoms. The second-order valence-electron chi connectivity index (χ2n) is 4.84. The number of hydrogen-bond acceptors (Lipinski definition) is 2. The molecule has 0 aliphatic rings. The van der Waals surface area contributed by atoms with Crippen molar-refractivity contribution in [1.29, 1.82) is 0 Å². The molecule has 0 atom stereocenters. The smallest absolute Gasteiger partial charge is 0.0739 e.